The summed E-state index contributed by atoms with van der Waals surface area (Å²) < 4.78 is 0. The van der Waals surface area contributed by atoms with Crippen LogP contribution in [0.25, 0.3) is 0 Å². The average Bonchev–Trinajstić information content (AvgIpc) is 2.41. The van der Waals surface area contributed by atoms with Crippen LogP contribution in [-0.4, -0.2) is 12.2 Å². The number of anilines is 1. The number of aromatic carboxylic acids is 1. The molecule has 0 aliphatic heterocycles. The van der Waals surface area contributed by atoms with Gasteiger partial charge in [0.05, 0.1) is 17.9 Å². The van der Waals surface area contributed by atoms with Gasteiger partial charge in [0.15, 0.2) is 0 Å². The summed E-state index contributed by atoms with van der Waals surface area (Å²) in [5.74, 6) is -1.20. The predicted molar refractivity (Wildman–Crippen MR) is 73.2 cm³/mol. The Bertz CT molecular complexity index is 621. The summed E-state index contributed by atoms with van der Waals surface area (Å²) in [4.78, 5) is 10.7. The van der Waals surface area contributed by atoms with Gasteiger partial charge < -0.3 is 9.90 Å². The van der Waals surface area contributed by atoms with E-state index < -0.39 is 5.97 Å². The first kappa shape index (κ1) is 12.8. The summed E-state index contributed by atoms with van der Waals surface area (Å²) in [7, 11) is 0. The standard InChI is InChI=1S/C15H14N2O2/c1-11-5-2-3-6-13(11)10-16-17-14-8-4-7-12(9-14)15(18)19/h2-10,17H,1H3,(H,18,19)/p-1/b16-10-. The second-order valence-electron chi connectivity index (χ2n) is 4.09. The predicted octanol–water partition coefficient (Wildman–Crippen LogP) is 1.80. The van der Waals surface area contributed by atoms with Crippen LogP contribution in [0, 0.1) is 6.92 Å². The molecular formula is C15H13N2O2-. The molecule has 0 bridgehead atoms. The van der Waals surface area contributed by atoms with Crippen molar-refractivity contribution in [3.05, 3.63) is 65.2 Å². The number of hydrogen-bond acceptors (Lipinski definition) is 4. The van der Waals surface area contributed by atoms with Crippen molar-refractivity contribution in [3.63, 3.8) is 0 Å². The molecule has 0 aliphatic carbocycles. The Hall–Kier alpha value is -2.62. The number of hydrogen-bond donors (Lipinski definition) is 1. The summed E-state index contributed by atoms with van der Waals surface area (Å²) in [6.07, 6.45) is 1.70. The lowest BCUT2D eigenvalue weighted by Crippen LogP contribution is -2.22. The van der Waals surface area contributed by atoms with Gasteiger partial charge in [-0.1, -0.05) is 36.4 Å². The van der Waals surface area contributed by atoms with Gasteiger partial charge in [0, 0.05) is 0 Å². The fourth-order valence-electron chi connectivity index (χ4n) is 1.62. The molecule has 0 saturated carbocycles. The fourth-order valence-corrected chi connectivity index (χ4v) is 1.62. The van der Waals surface area contributed by atoms with Gasteiger partial charge >= 0.3 is 0 Å². The highest BCUT2D eigenvalue weighted by Gasteiger charge is 1.95. The highest BCUT2D eigenvalue weighted by molar-refractivity contribution is 5.87. The van der Waals surface area contributed by atoms with Crippen LogP contribution in [0.3, 0.4) is 0 Å². The Morgan fingerprint density at radius 1 is 1.21 bits per heavy atom. The molecule has 4 heteroatoms. The minimum atomic E-state index is -1.20. The molecular weight excluding hydrogens is 240 g/mol. The normalized spacial score (nSPS) is 10.6. The lowest BCUT2D eigenvalue weighted by molar-refractivity contribution is -0.255. The molecule has 2 aromatic carbocycles. The van der Waals surface area contributed by atoms with Crippen molar-refractivity contribution < 1.29 is 9.90 Å². The monoisotopic (exact) mass is 253 g/mol. The van der Waals surface area contributed by atoms with Crippen LogP contribution in [0.5, 0.6) is 0 Å². The van der Waals surface area contributed by atoms with E-state index in [9.17, 15) is 9.90 Å². The molecule has 0 heterocycles. The number of carbonyl (C=O) groups excluding carboxylic acids is 1. The molecule has 19 heavy (non-hydrogen) atoms. The van der Waals surface area contributed by atoms with Crippen LogP contribution in [-0.2, 0) is 0 Å². The van der Waals surface area contributed by atoms with Crippen LogP contribution in [0.2, 0.25) is 0 Å². The summed E-state index contributed by atoms with van der Waals surface area (Å²) >= 11 is 0. The molecule has 0 fully saturated rings. The number of aryl methyl sites for hydroxylation is 1. The van der Waals surface area contributed by atoms with Gasteiger partial charge in [0.25, 0.3) is 0 Å². The third kappa shape index (κ3) is 3.42. The van der Waals surface area contributed by atoms with Gasteiger partial charge in [-0.25, -0.2) is 0 Å². The SMILES string of the molecule is Cc1ccccc1/C=N\Nc1cccc(C(=O)[O-])c1. The lowest BCUT2D eigenvalue weighted by Gasteiger charge is -2.05. The molecule has 1 N–H and O–H groups in total. The van der Waals surface area contributed by atoms with Crippen molar-refractivity contribution in [1.82, 2.24) is 0 Å². The molecule has 0 saturated heterocycles. The molecule has 2 rings (SSSR count). The van der Waals surface area contributed by atoms with Gasteiger partial charge in [-0.05, 0) is 35.7 Å². The molecule has 0 unspecified atom stereocenters. The fraction of sp³-hybridized carbons (Fsp3) is 0.0667. The number of benzene rings is 2. The van der Waals surface area contributed by atoms with Crippen molar-refractivity contribution in [2.24, 2.45) is 5.10 Å². The van der Waals surface area contributed by atoms with Crippen LogP contribution in [0.4, 0.5) is 5.69 Å². The van der Waals surface area contributed by atoms with Crippen LogP contribution in [0.15, 0.2) is 53.6 Å². The van der Waals surface area contributed by atoms with Gasteiger partial charge in [0.1, 0.15) is 0 Å². The van der Waals surface area contributed by atoms with E-state index in [4.69, 9.17) is 0 Å². The smallest absolute Gasteiger partial charge is 0.0716 e. The highest BCUT2D eigenvalue weighted by atomic mass is 16.4. The number of carboxylic acid groups (broad SMARTS) is 1. The number of nitrogens with zero attached hydrogens (tertiary/aromatic N) is 1. The third-order valence-electron chi connectivity index (χ3n) is 2.68. The number of carbonyl (C=O) groups is 1. The van der Waals surface area contributed by atoms with Gasteiger partial charge in [-0.3, -0.25) is 5.43 Å². The van der Waals surface area contributed by atoms with E-state index in [0.29, 0.717) is 5.69 Å². The third-order valence-corrected chi connectivity index (χ3v) is 2.68. The number of nitrogens with one attached hydrogen (secondary N) is 1. The minimum absolute atomic E-state index is 0.121. The molecule has 0 aromatic heterocycles. The van der Waals surface area contributed by atoms with Crippen molar-refractivity contribution in [3.8, 4) is 0 Å². The second kappa shape index (κ2) is 5.82. The van der Waals surface area contributed by atoms with E-state index in [-0.39, 0.29) is 5.56 Å². The van der Waals surface area contributed by atoms with Crippen LogP contribution < -0.4 is 10.5 Å². The summed E-state index contributed by atoms with van der Waals surface area (Å²) in [5, 5.41) is 14.8. The maximum Gasteiger partial charge on any atom is 0.0716 e. The van der Waals surface area contributed by atoms with E-state index in [0.717, 1.165) is 11.1 Å². The van der Waals surface area contributed by atoms with E-state index in [1.165, 1.54) is 12.1 Å². The highest BCUT2D eigenvalue weighted by Crippen LogP contribution is 2.10. The Kier molecular flexibility index (Phi) is 3.93. The van der Waals surface area contributed by atoms with Crippen molar-refractivity contribution in [1.29, 1.82) is 0 Å². The van der Waals surface area contributed by atoms with Crippen molar-refractivity contribution in [2.75, 3.05) is 5.43 Å². The van der Waals surface area contributed by atoms with E-state index in [1.807, 2.05) is 31.2 Å². The number of carboxylic acids is 1. The largest absolute Gasteiger partial charge is 0.545 e. The Morgan fingerprint density at radius 3 is 2.74 bits per heavy atom. The average molecular weight is 253 g/mol. The minimum Gasteiger partial charge on any atom is -0.545 e. The zero-order chi connectivity index (χ0) is 13.7. The first-order valence-electron chi connectivity index (χ1n) is 5.83. The van der Waals surface area contributed by atoms with Gasteiger partial charge in [0.2, 0.25) is 0 Å². The second-order valence-corrected chi connectivity index (χ2v) is 4.09. The van der Waals surface area contributed by atoms with Crippen molar-refractivity contribution >= 4 is 17.9 Å². The maximum absolute atomic E-state index is 10.7. The topological polar surface area (TPSA) is 64.5 Å². The molecule has 96 valence electrons. The Balaban J connectivity index is 2.09. The summed E-state index contributed by atoms with van der Waals surface area (Å²) in [5.41, 5.74) is 5.65. The maximum atomic E-state index is 10.7. The molecule has 0 amide bonds. The van der Waals surface area contributed by atoms with Crippen molar-refractivity contribution in [2.45, 2.75) is 6.92 Å². The lowest BCUT2D eigenvalue weighted by atomic mass is 10.1. The molecule has 0 spiro atoms. The zero-order valence-electron chi connectivity index (χ0n) is 10.5. The Labute approximate surface area is 111 Å². The van der Waals surface area contributed by atoms with E-state index in [1.54, 1.807) is 18.3 Å². The van der Waals surface area contributed by atoms with Gasteiger partial charge in [-0.15, -0.1) is 0 Å². The summed E-state index contributed by atoms with van der Waals surface area (Å²) in [6.45, 7) is 2.00. The quantitative estimate of drug-likeness (QED) is 0.667. The molecule has 2 aromatic rings. The first-order chi connectivity index (χ1) is 9.16. The molecule has 4 nitrogen and oxygen atoms in total. The zero-order valence-corrected chi connectivity index (χ0v) is 10.5. The van der Waals surface area contributed by atoms with Crippen LogP contribution in [0.1, 0.15) is 21.5 Å². The number of rotatable bonds is 4. The van der Waals surface area contributed by atoms with Gasteiger partial charge in [-0.2, -0.15) is 5.10 Å². The molecule has 0 atom stereocenters. The van der Waals surface area contributed by atoms with E-state index >= 15 is 0 Å². The first-order valence-corrected chi connectivity index (χ1v) is 5.83. The van der Waals surface area contributed by atoms with Crippen LogP contribution >= 0.6 is 0 Å². The Morgan fingerprint density at radius 2 is 2.00 bits per heavy atom. The van der Waals surface area contributed by atoms with E-state index in [2.05, 4.69) is 10.5 Å². The molecule has 0 aliphatic rings. The summed E-state index contributed by atoms with van der Waals surface area (Å²) in [6, 6.07) is 14.2. The molecule has 0 radical (unpaired) electrons. The number of hydrazone groups is 1.